The molecule has 6 nitrogen and oxygen atoms in total. The summed E-state index contributed by atoms with van der Waals surface area (Å²) in [6, 6.07) is 13.7. The van der Waals surface area contributed by atoms with E-state index in [2.05, 4.69) is 4.74 Å². The molecule has 0 spiro atoms. The molecule has 0 saturated carbocycles. The van der Waals surface area contributed by atoms with Crippen LogP contribution in [0, 0.1) is 0 Å². The van der Waals surface area contributed by atoms with Crippen LogP contribution in [-0.4, -0.2) is 37.4 Å². The summed E-state index contributed by atoms with van der Waals surface area (Å²) in [7, 11) is 1.47. The van der Waals surface area contributed by atoms with Gasteiger partial charge in [0.15, 0.2) is 0 Å². The summed E-state index contributed by atoms with van der Waals surface area (Å²) in [5.41, 5.74) is -2.81. The number of amides is 1. The molecule has 0 aliphatic carbocycles. The molecule has 1 amide bonds. The molecule has 0 radical (unpaired) electrons. The molecule has 3 N–H and O–H groups in total. The van der Waals surface area contributed by atoms with E-state index in [1.165, 1.54) is 38.3 Å². The summed E-state index contributed by atoms with van der Waals surface area (Å²) in [6.07, 6.45) is -5.11. The predicted molar refractivity (Wildman–Crippen MR) is 98.0 cm³/mol. The number of nitrogens with one attached hydrogen (secondary N) is 1. The first-order chi connectivity index (χ1) is 13.7. The van der Waals surface area contributed by atoms with Crippen LogP contribution in [0.25, 0.3) is 0 Å². The second kappa shape index (κ2) is 9.42. The Morgan fingerprint density at radius 1 is 1.03 bits per heavy atom. The number of carbonyl (C=O) groups excluding carboxylic acids is 2. The van der Waals surface area contributed by atoms with Gasteiger partial charge in [-0.15, -0.1) is 0 Å². The smallest absolute Gasteiger partial charge is 0.478 e. The van der Waals surface area contributed by atoms with Gasteiger partial charge in [0.25, 0.3) is 5.91 Å². The summed E-state index contributed by atoms with van der Waals surface area (Å²) in [5, 5.41) is 2.56. The number of esters is 1. The van der Waals surface area contributed by atoms with Gasteiger partial charge in [-0.1, -0.05) is 18.2 Å². The maximum absolute atomic E-state index is 14.1. The van der Waals surface area contributed by atoms with Crippen molar-refractivity contribution in [3.05, 3.63) is 65.7 Å². The van der Waals surface area contributed by atoms with Gasteiger partial charge in [-0.25, -0.2) is 4.79 Å². The molecular formula is C20H22F3N2O4+. The van der Waals surface area contributed by atoms with E-state index in [0.717, 1.165) is 0 Å². The molecular weight excluding hydrogens is 389 g/mol. The summed E-state index contributed by atoms with van der Waals surface area (Å²) in [5.74, 6) is -2.09. The number of carbonyl (C=O) groups is 2. The number of hydrogen-bond donors (Lipinski definition) is 2. The van der Waals surface area contributed by atoms with E-state index in [1.54, 1.807) is 30.3 Å². The molecule has 2 rings (SSSR count). The van der Waals surface area contributed by atoms with E-state index < -0.39 is 23.7 Å². The van der Waals surface area contributed by atoms with E-state index in [4.69, 9.17) is 4.74 Å². The minimum atomic E-state index is -5.11. The zero-order chi connectivity index (χ0) is 21.5. The number of nitrogens with two attached hydrogens (primary N) is 1. The number of rotatable bonds is 8. The van der Waals surface area contributed by atoms with E-state index in [0.29, 0.717) is 16.6 Å². The van der Waals surface area contributed by atoms with Gasteiger partial charge in [-0.2, -0.15) is 13.2 Å². The minimum Gasteiger partial charge on any atom is -0.497 e. The number of quaternary nitrogens is 1. The van der Waals surface area contributed by atoms with E-state index in [-0.39, 0.29) is 18.7 Å². The van der Waals surface area contributed by atoms with Gasteiger partial charge >= 0.3 is 17.8 Å². The zero-order valence-electron chi connectivity index (χ0n) is 16.0. The first kappa shape index (κ1) is 22.2. The average molecular weight is 411 g/mol. The maximum Gasteiger partial charge on any atom is 0.478 e. The van der Waals surface area contributed by atoms with Crippen molar-refractivity contribution < 1.29 is 37.6 Å². The third kappa shape index (κ3) is 5.26. The molecule has 0 bridgehead atoms. The van der Waals surface area contributed by atoms with E-state index in [1.807, 2.05) is 5.32 Å². The lowest BCUT2D eigenvalue weighted by Crippen LogP contribution is -3.06. The minimum absolute atomic E-state index is 0.0109. The predicted octanol–water partition coefficient (Wildman–Crippen LogP) is 2.01. The SMILES string of the molecule is CCOC(=O)[C@@](NC(=O)c1ccccc1)([NH2+]Cc1ccc(OC)cc1)C(F)(F)F. The Morgan fingerprint density at radius 2 is 1.66 bits per heavy atom. The Hall–Kier alpha value is -3.07. The molecule has 0 aliphatic rings. The largest absolute Gasteiger partial charge is 0.497 e. The summed E-state index contributed by atoms with van der Waals surface area (Å²) < 4.78 is 51.9. The highest BCUT2D eigenvalue weighted by molar-refractivity contribution is 5.97. The van der Waals surface area contributed by atoms with Gasteiger partial charge < -0.3 is 14.8 Å². The van der Waals surface area contributed by atoms with Crippen molar-refractivity contribution in [3.63, 3.8) is 0 Å². The van der Waals surface area contributed by atoms with Crippen LogP contribution in [0.5, 0.6) is 5.75 Å². The zero-order valence-corrected chi connectivity index (χ0v) is 16.0. The van der Waals surface area contributed by atoms with E-state index >= 15 is 0 Å². The van der Waals surface area contributed by atoms with Crippen molar-refractivity contribution in [2.45, 2.75) is 25.3 Å². The Kier molecular flexibility index (Phi) is 7.22. The highest BCUT2D eigenvalue weighted by Crippen LogP contribution is 2.27. The number of methoxy groups -OCH3 is 1. The van der Waals surface area contributed by atoms with Crippen LogP contribution >= 0.6 is 0 Å². The second-order valence-electron chi connectivity index (χ2n) is 6.10. The van der Waals surface area contributed by atoms with Crippen LogP contribution in [0.1, 0.15) is 22.8 Å². The van der Waals surface area contributed by atoms with Gasteiger partial charge in [0.05, 0.1) is 13.7 Å². The normalized spacial score (nSPS) is 13.3. The van der Waals surface area contributed by atoms with Crippen LogP contribution in [0.2, 0.25) is 0 Å². The molecule has 29 heavy (non-hydrogen) atoms. The fraction of sp³-hybridized carbons (Fsp3) is 0.300. The molecule has 156 valence electrons. The average Bonchev–Trinajstić information content (AvgIpc) is 2.71. The molecule has 2 aromatic rings. The molecule has 9 heteroatoms. The summed E-state index contributed by atoms with van der Waals surface area (Å²) in [6.45, 7) is 0.882. The lowest BCUT2D eigenvalue weighted by Gasteiger charge is -2.31. The van der Waals surface area contributed by atoms with Crippen molar-refractivity contribution >= 4 is 11.9 Å². The number of halogens is 3. The van der Waals surface area contributed by atoms with Crippen molar-refractivity contribution in [3.8, 4) is 5.75 Å². The van der Waals surface area contributed by atoms with Crippen LogP contribution in [0.15, 0.2) is 54.6 Å². The molecule has 0 fully saturated rings. The molecule has 2 aromatic carbocycles. The quantitative estimate of drug-likeness (QED) is 0.514. The van der Waals surface area contributed by atoms with Gasteiger partial charge in [-0.05, 0) is 43.3 Å². The topological polar surface area (TPSA) is 81.2 Å². The molecule has 0 aromatic heterocycles. The van der Waals surface area contributed by atoms with Crippen LogP contribution in [0.3, 0.4) is 0 Å². The molecule has 1 atom stereocenters. The third-order valence-corrected chi connectivity index (χ3v) is 4.19. The van der Waals surface area contributed by atoms with Crippen LogP contribution < -0.4 is 15.4 Å². The Morgan fingerprint density at radius 3 is 2.17 bits per heavy atom. The standard InChI is InChI=1S/C20H21F3N2O4/c1-3-29-18(27)19(20(21,22)23,25-17(26)15-7-5-4-6-8-15)24-13-14-9-11-16(28-2)12-10-14/h4-12,24H,3,13H2,1-2H3,(H,25,26)/p+1/t19-/m0/s1. The van der Waals surface area contributed by atoms with Crippen LogP contribution in [-0.2, 0) is 16.1 Å². The fourth-order valence-corrected chi connectivity index (χ4v) is 2.61. The Labute approximate surface area is 166 Å². The highest BCUT2D eigenvalue weighted by Gasteiger charge is 2.67. The van der Waals surface area contributed by atoms with Crippen molar-refractivity contribution in [2.75, 3.05) is 13.7 Å². The van der Waals surface area contributed by atoms with Crippen LogP contribution in [0.4, 0.5) is 13.2 Å². The monoisotopic (exact) mass is 411 g/mol. The Bertz CT molecular complexity index is 826. The van der Waals surface area contributed by atoms with Crippen molar-refractivity contribution in [1.29, 1.82) is 0 Å². The summed E-state index contributed by atoms with van der Waals surface area (Å²) in [4.78, 5) is 24.8. The number of benzene rings is 2. The lowest BCUT2D eigenvalue weighted by molar-refractivity contribution is -0.757. The molecule has 0 aliphatic heterocycles. The third-order valence-electron chi connectivity index (χ3n) is 4.19. The highest BCUT2D eigenvalue weighted by atomic mass is 19.4. The van der Waals surface area contributed by atoms with Gasteiger partial charge in [0.2, 0.25) is 0 Å². The number of alkyl halides is 3. The first-order valence-electron chi connectivity index (χ1n) is 8.82. The maximum atomic E-state index is 14.1. The number of hydrogen-bond acceptors (Lipinski definition) is 4. The lowest BCUT2D eigenvalue weighted by atomic mass is 10.1. The summed E-state index contributed by atoms with van der Waals surface area (Å²) >= 11 is 0. The number of ether oxygens (including phenoxy) is 2. The van der Waals surface area contributed by atoms with Crippen molar-refractivity contribution in [2.24, 2.45) is 0 Å². The molecule has 0 heterocycles. The second-order valence-corrected chi connectivity index (χ2v) is 6.10. The molecule has 0 unspecified atom stereocenters. The van der Waals surface area contributed by atoms with Gasteiger partial charge in [0, 0.05) is 11.1 Å². The fourth-order valence-electron chi connectivity index (χ4n) is 2.61. The van der Waals surface area contributed by atoms with Gasteiger partial charge in [0.1, 0.15) is 12.3 Å². The Balaban J connectivity index is 2.36. The van der Waals surface area contributed by atoms with E-state index in [9.17, 15) is 22.8 Å². The van der Waals surface area contributed by atoms with Crippen molar-refractivity contribution in [1.82, 2.24) is 5.32 Å². The molecule has 0 saturated heterocycles. The first-order valence-corrected chi connectivity index (χ1v) is 8.82. The van der Waals surface area contributed by atoms with Gasteiger partial charge in [-0.3, -0.25) is 10.1 Å².